The van der Waals surface area contributed by atoms with Gasteiger partial charge in [-0.15, -0.1) is 0 Å². The average molecular weight is 116 g/mol. The molecule has 8 heavy (non-hydrogen) atoms. The summed E-state index contributed by atoms with van der Waals surface area (Å²) in [7, 11) is 1.45. The number of nitrogens with zero attached hydrogens (tertiary/aromatic N) is 1. The molecule has 5 heteroatoms. The highest BCUT2D eigenvalue weighted by atomic mass is 16.2. The lowest BCUT2D eigenvalue weighted by molar-refractivity contribution is 0.253. The minimum atomic E-state index is -0.701. The van der Waals surface area contributed by atoms with Crippen molar-refractivity contribution in [2.45, 2.75) is 0 Å². The molecule has 5 N–H and O–H groups in total. The molecular weight excluding hydrogens is 108 g/mol. The molecule has 0 fully saturated rings. The number of nitrogens with one attached hydrogen (secondary N) is 1. The lowest BCUT2D eigenvalue weighted by Crippen LogP contribution is -2.39. The summed E-state index contributed by atoms with van der Waals surface area (Å²) in [4.78, 5) is 13.3. The second-order valence-electron chi connectivity index (χ2n) is 1.10. The quantitative estimate of drug-likeness (QED) is 0.268. The fourth-order valence-electron chi connectivity index (χ4n) is 0.182. The smallest absolute Gasteiger partial charge is 0.318 e. The highest BCUT2D eigenvalue weighted by Gasteiger charge is 1.90. The van der Waals surface area contributed by atoms with E-state index in [1.807, 2.05) is 0 Å². The molecule has 0 saturated carbocycles. The fraction of sp³-hybridized carbons (Fsp3) is 0.333. The number of aliphatic imine (C=N–C) groups is 1. The fourth-order valence-corrected chi connectivity index (χ4v) is 0.182. The summed E-state index contributed by atoms with van der Waals surface area (Å²) in [5, 5.41) is 2.06. The molecule has 0 aliphatic rings. The van der Waals surface area contributed by atoms with E-state index in [4.69, 9.17) is 5.73 Å². The van der Waals surface area contributed by atoms with Crippen molar-refractivity contribution in [2.75, 3.05) is 7.05 Å². The van der Waals surface area contributed by atoms with Gasteiger partial charge in [0.2, 0.25) is 0 Å². The Hall–Kier alpha value is -1.26. The van der Waals surface area contributed by atoms with E-state index in [1.54, 1.807) is 0 Å². The number of primary amides is 1. The molecule has 5 nitrogen and oxygen atoms in total. The Morgan fingerprint density at radius 1 is 1.62 bits per heavy atom. The minimum absolute atomic E-state index is 0.0255. The molecule has 0 aromatic rings. The lowest BCUT2D eigenvalue weighted by Gasteiger charge is -1.94. The van der Waals surface area contributed by atoms with Crippen molar-refractivity contribution in [3.8, 4) is 0 Å². The van der Waals surface area contributed by atoms with Crippen LogP contribution in [-0.4, -0.2) is 19.0 Å². The van der Waals surface area contributed by atoms with Gasteiger partial charge in [0.15, 0.2) is 5.96 Å². The van der Waals surface area contributed by atoms with Crippen LogP contribution in [0.4, 0.5) is 4.79 Å². The van der Waals surface area contributed by atoms with E-state index >= 15 is 0 Å². The molecule has 0 saturated heterocycles. The van der Waals surface area contributed by atoms with Crippen LogP contribution in [0.25, 0.3) is 0 Å². The first kappa shape index (κ1) is 6.74. The van der Waals surface area contributed by atoms with E-state index in [2.05, 4.69) is 16.0 Å². The van der Waals surface area contributed by atoms with Gasteiger partial charge in [0.05, 0.1) is 0 Å². The van der Waals surface area contributed by atoms with Gasteiger partial charge in [-0.25, -0.2) is 4.79 Å². The maximum atomic E-state index is 9.92. The summed E-state index contributed by atoms with van der Waals surface area (Å²) < 4.78 is 0. The predicted octanol–water partition coefficient (Wildman–Crippen LogP) is -1.40. The topological polar surface area (TPSA) is 93.5 Å². The van der Waals surface area contributed by atoms with E-state index in [9.17, 15) is 4.79 Å². The lowest BCUT2D eigenvalue weighted by atomic mass is 10.9. The number of hydrogen-bond donors (Lipinski definition) is 3. The monoisotopic (exact) mass is 116 g/mol. The molecular formula is C3H8N4O. The summed E-state index contributed by atoms with van der Waals surface area (Å²) in [6.45, 7) is 0. The largest absolute Gasteiger partial charge is 0.370 e. The molecule has 0 unspecified atom stereocenters. The van der Waals surface area contributed by atoms with Gasteiger partial charge in [0.1, 0.15) is 0 Å². The zero-order valence-corrected chi connectivity index (χ0v) is 4.51. The predicted molar refractivity (Wildman–Crippen MR) is 30.3 cm³/mol. The SMILES string of the molecule is CN=C(N)NC(N)=O. The van der Waals surface area contributed by atoms with Gasteiger partial charge in [0.25, 0.3) is 0 Å². The Morgan fingerprint density at radius 2 is 2.12 bits per heavy atom. The van der Waals surface area contributed by atoms with E-state index in [1.165, 1.54) is 7.05 Å². The molecule has 0 aliphatic carbocycles. The molecule has 0 aromatic heterocycles. The molecule has 0 atom stereocenters. The van der Waals surface area contributed by atoms with Crippen LogP contribution in [0.15, 0.2) is 4.99 Å². The van der Waals surface area contributed by atoms with Gasteiger partial charge in [-0.3, -0.25) is 10.3 Å². The molecule has 0 radical (unpaired) electrons. The molecule has 0 aliphatic heterocycles. The van der Waals surface area contributed by atoms with Gasteiger partial charge in [0, 0.05) is 7.05 Å². The number of nitrogens with two attached hydrogens (primary N) is 2. The maximum absolute atomic E-state index is 9.92. The molecule has 0 spiro atoms. The van der Waals surface area contributed by atoms with E-state index in [-0.39, 0.29) is 5.96 Å². The van der Waals surface area contributed by atoms with Crippen molar-refractivity contribution >= 4 is 12.0 Å². The zero-order chi connectivity index (χ0) is 6.57. The number of rotatable bonds is 0. The number of hydrogen-bond acceptors (Lipinski definition) is 2. The molecule has 2 amide bonds. The third-order valence-corrected chi connectivity index (χ3v) is 0.492. The molecule has 0 rings (SSSR count). The van der Waals surface area contributed by atoms with Crippen LogP contribution >= 0.6 is 0 Å². The number of urea groups is 1. The van der Waals surface area contributed by atoms with Crippen molar-refractivity contribution in [3.63, 3.8) is 0 Å². The molecule has 0 bridgehead atoms. The van der Waals surface area contributed by atoms with Crippen LogP contribution in [0, 0.1) is 0 Å². The van der Waals surface area contributed by atoms with Crippen LogP contribution in [0.3, 0.4) is 0 Å². The van der Waals surface area contributed by atoms with E-state index in [0.29, 0.717) is 0 Å². The second kappa shape index (κ2) is 2.84. The highest BCUT2D eigenvalue weighted by Crippen LogP contribution is 1.55. The zero-order valence-electron chi connectivity index (χ0n) is 4.51. The Morgan fingerprint density at radius 3 is 2.25 bits per heavy atom. The first-order valence-electron chi connectivity index (χ1n) is 1.95. The number of carbonyl (C=O) groups is 1. The Kier molecular flexibility index (Phi) is 2.39. The Labute approximate surface area is 46.8 Å². The number of carbonyl (C=O) groups excluding carboxylic acids is 1. The van der Waals surface area contributed by atoms with Crippen LogP contribution in [0.2, 0.25) is 0 Å². The summed E-state index contributed by atoms with van der Waals surface area (Å²) >= 11 is 0. The van der Waals surface area contributed by atoms with Gasteiger partial charge in [-0.2, -0.15) is 0 Å². The first-order chi connectivity index (χ1) is 3.66. The summed E-state index contributed by atoms with van der Waals surface area (Å²) in [6.07, 6.45) is 0. The van der Waals surface area contributed by atoms with Crippen LogP contribution in [0.1, 0.15) is 0 Å². The Balaban J connectivity index is 3.56. The molecule has 46 valence electrons. The normalized spacial score (nSPS) is 10.9. The second-order valence-corrected chi connectivity index (χ2v) is 1.10. The third kappa shape index (κ3) is 2.95. The van der Waals surface area contributed by atoms with Crippen molar-refractivity contribution in [1.82, 2.24) is 5.32 Å². The van der Waals surface area contributed by atoms with Crippen molar-refractivity contribution in [3.05, 3.63) is 0 Å². The van der Waals surface area contributed by atoms with E-state index < -0.39 is 6.03 Å². The molecule has 0 heterocycles. The third-order valence-electron chi connectivity index (χ3n) is 0.492. The summed E-state index contributed by atoms with van der Waals surface area (Å²) in [6, 6.07) is -0.701. The average Bonchev–Trinajstić information content (AvgIpc) is 1.65. The molecule has 0 aromatic carbocycles. The van der Waals surface area contributed by atoms with Gasteiger partial charge in [-0.05, 0) is 0 Å². The summed E-state index contributed by atoms with van der Waals surface area (Å²) in [5.74, 6) is 0.0255. The first-order valence-corrected chi connectivity index (χ1v) is 1.95. The minimum Gasteiger partial charge on any atom is -0.370 e. The maximum Gasteiger partial charge on any atom is 0.318 e. The highest BCUT2D eigenvalue weighted by molar-refractivity contribution is 5.94. The van der Waals surface area contributed by atoms with Crippen molar-refractivity contribution < 1.29 is 4.79 Å². The number of amides is 2. The van der Waals surface area contributed by atoms with Crippen LogP contribution in [0.5, 0.6) is 0 Å². The van der Waals surface area contributed by atoms with Gasteiger partial charge in [-0.1, -0.05) is 0 Å². The van der Waals surface area contributed by atoms with Gasteiger partial charge < -0.3 is 11.5 Å². The summed E-state index contributed by atoms with van der Waals surface area (Å²) in [5.41, 5.74) is 9.67. The van der Waals surface area contributed by atoms with Crippen LogP contribution in [-0.2, 0) is 0 Å². The van der Waals surface area contributed by atoms with E-state index in [0.717, 1.165) is 0 Å². The van der Waals surface area contributed by atoms with Crippen LogP contribution < -0.4 is 16.8 Å². The number of guanidine groups is 1. The van der Waals surface area contributed by atoms with Gasteiger partial charge >= 0.3 is 6.03 Å². The standard InChI is InChI=1S/C3H8N4O/c1-6-2(4)7-3(5)8/h1H3,(H5,4,5,6,7,8). The Bertz CT molecular complexity index is 118. The van der Waals surface area contributed by atoms with Crippen molar-refractivity contribution in [2.24, 2.45) is 16.5 Å². The van der Waals surface area contributed by atoms with Crippen molar-refractivity contribution in [1.29, 1.82) is 0 Å².